The van der Waals surface area contributed by atoms with Gasteiger partial charge in [-0.15, -0.1) is 0 Å². The molecule has 2 unspecified atom stereocenters. The number of ether oxygens (including phenoxy) is 1. The van der Waals surface area contributed by atoms with Crippen molar-refractivity contribution < 1.29 is 9.66 Å². The first-order chi connectivity index (χ1) is 9.56. The van der Waals surface area contributed by atoms with Gasteiger partial charge in [0.25, 0.3) is 0 Å². The van der Waals surface area contributed by atoms with Gasteiger partial charge >= 0.3 is 5.69 Å². The van der Waals surface area contributed by atoms with E-state index < -0.39 is 4.92 Å². The number of anilines is 2. The van der Waals surface area contributed by atoms with E-state index in [2.05, 4.69) is 10.4 Å². The lowest BCUT2D eigenvalue weighted by Crippen LogP contribution is -2.49. The number of rotatable bonds is 4. The summed E-state index contributed by atoms with van der Waals surface area (Å²) in [5, 5.41) is 11.2. The number of nitro groups is 1. The Kier molecular flexibility index (Phi) is 4.35. The van der Waals surface area contributed by atoms with Crippen molar-refractivity contribution in [3.05, 3.63) is 22.2 Å². The molecule has 0 amide bonds. The molecule has 1 fully saturated rings. The second-order valence-corrected chi connectivity index (χ2v) is 4.80. The number of hydrazine groups is 1. The van der Waals surface area contributed by atoms with Crippen LogP contribution in [0.3, 0.4) is 0 Å². The Balaban J connectivity index is 2.44. The standard InChI is InChI=1S/C12H19N5O3/c1-3-9-7-20-8(2)6-16(9)12-10(17(18)19)4-5-11(14-12)15-13/h4-5,8-9H,3,6-7,13H2,1-2H3,(H,14,15). The van der Waals surface area contributed by atoms with E-state index in [0.29, 0.717) is 24.8 Å². The summed E-state index contributed by atoms with van der Waals surface area (Å²) in [6.45, 7) is 5.07. The van der Waals surface area contributed by atoms with Crippen molar-refractivity contribution in [2.45, 2.75) is 32.4 Å². The van der Waals surface area contributed by atoms with E-state index in [1.165, 1.54) is 12.1 Å². The molecule has 1 aliphatic rings. The van der Waals surface area contributed by atoms with Crippen LogP contribution in [-0.2, 0) is 4.74 Å². The minimum absolute atomic E-state index is 0.00805. The molecule has 0 bridgehead atoms. The van der Waals surface area contributed by atoms with Crippen molar-refractivity contribution in [3.8, 4) is 0 Å². The third-order valence-corrected chi connectivity index (χ3v) is 3.41. The molecule has 8 nitrogen and oxygen atoms in total. The monoisotopic (exact) mass is 281 g/mol. The number of aromatic nitrogens is 1. The fourth-order valence-corrected chi connectivity index (χ4v) is 2.32. The van der Waals surface area contributed by atoms with E-state index in [-0.39, 0.29) is 17.8 Å². The maximum atomic E-state index is 11.2. The molecule has 1 aliphatic heterocycles. The third kappa shape index (κ3) is 2.81. The molecule has 2 atom stereocenters. The lowest BCUT2D eigenvalue weighted by atomic mass is 10.1. The molecule has 1 saturated heterocycles. The Bertz CT molecular complexity index is 496. The summed E-state index contributed by atoms with van der Waals surface area (Å²) in [6, 6.07) is 2.99. The number of hydrogen-bond acceptors (Lipinski definition) is 7. The molecule has 0 radical (unpaired) electrons. The van der Waals surface area contributed by atoms with Gasteiger partial charge in [-0.25, -0.2) is 10.8 Å². The van der Waals surface area contributed by atoms with Crippen LogP contribution in [0.5, 0.6) is 0 Å². The van der Waals surface area contributed by atoms with Gasteiger partial charge in [-0.3, -0.25) is 10.1 Å². The van der Waals surface area contributed by atoms with E-state index in [0.717, 1.165) is 6.42 Å². The Hall–Kier alpha value is -1.93. The molecule has 2 heterocycles. The highest BCUT2D eigenvalue weighted by Crippen LogP contribution is 2.31. The second kappa shape index (κ2) is 6.02. The van der Waals surface area contributed by atoms with Gasteiger partial charge in [0.15, 0.2) is 0 Å². The van der Waals surface area contributed by atoms with Gasteiger partial charge in [0, 0.05) is 12.6 Å². The first kappa shape index (κ1) is 14.5. The highest BCUT2D eigenvalue weighted by Gasteiger charge is 2.31. The molecule has 0 aliphatic carbocycles. The summed E-state index contributed by atoms with van der Waals surface area (Å²) in [6.07, 6.45) is 0.833. The average Bonchev–Trinajstić information content (AvgIpc) is 2.46. The van der Waals surface area contributed by atoms with Crippen LogP contribution in [0.1, 0.15) is 20.3 Å². The molecule has 3 N–H and O–H groups in total. The minimum atomic E-state index is -0.421. The summed E-state index contributed by atoms with van der Waals surface area (Å²) in [4.78, 5) is 17.0. The lowest BCUT2D eigenvalue weighted by molar-refractivity contribution is -0.384. The Morgan fingerprint density at radius 3 is 3.00 bits per heavy atom. The summed E-state index contributed by atoms with van der Waals surface area (Å²) >= 11 is 0. The zero-order valence-electron chi connectivity index (χ0n) is 11.6. The molecule has 1 aromatic heterocycles. The van der Waals surface area contributed by atoms with Gasteiger partial charge in [-0.1, -0.05) is 6.92 Å². The first-order valence-electron chi connectivity index (χ1n) is 6.57. The fourth-order valence-electron chi connectivity index (χ4n) is 2.32. The Morgan fingerprint density at radius 2 is 2.40 bits per heavy atom. The smallest absolute Gasteiger partial charge is 0.311 e. The molecular weight excluding hydrogens is 262 g/mol. The number of nitrogen functional groups attached to an aromatic ring is 1. The second-order valence-electron chi connectivity index (χ2n) is 4.80. The summed E-state index contributed by atoms with van der Waals surface area (Å²) < 4.78 is 5.61. The SMILES string of the molecule is CCC1COC(C)CN1c1nc(NN)ccc1[N+](=O)[O-]. The van der Waals surface area contributed by atoms with Crippen molar-refractivity contribution in [2.24, 2.45) is 5.84 Å². The maximum Gasteiger partial charge on any atom is 0.311 e. The van der Waals surface area contributed by atoms with Gasteiger partial charge in [-0.2, -0.15) is 0 Å². The number of nitrogens with zero attached hydrogens (tertiary/aromatic N) is 3. The van der Waals surface area contributed by atoms with Crippen molar-refractivity contribution >= 4 is 17.3 Å². The highest BCUT2D eigenvalue weighted by molar-refractivity contribution is 5.62. The molecular formula is C12H19N5O3. The zero-order chi connectivity index (χ0) is 14.7. The summed E-state index contributed by atoms with van der Waals surface area (Å²) in [7, 11) is 0. The van der Waals surface area contributed by atoms with Crippen molar-refractivity contribution in [1.82, 2.24) is 4.98 Å². The van der Waals surface area contributed by atoms with E-state index in [1.54, 1.807) is 0 Å². The van der Waals surface area contributed by atoms with Crippen molar-refractivity contribution in [1.29, 1.82) is 0 Å². The zero-order valence-corrected chi connectivity index (χ0v) is 11.6. The van der Waals surface area contributed by atoms with E-state index in [4.69, 9.17) is 10.6 Å². The van der Waals surface area contributed by atoms with Gasteiger partial charge < -0.3 is 15.1 Å². The number of morpholine rings is 1. The normalized spacial score (nSPS) is 22.6. The van der Waals surface area contributed by atoms with Crippen LogP contribution < -0.4 is 16.2 Å². The third-order valence-electron chi connectivity index (χ3n) is 3.41. The van der Waals surface area contributed by atoms with Crippen LogP contribution in [0.2, 0.25) is 0 Å². The summed E-state index contributed by atoms with van der Waals surface area (Å²) in [5.41, 5.74) is 2.41. The summed E-state index contributed by atoms with van der Waals surface area (Å²) in [5.74, 6) is 6.09. The Morgan fingerprint density at radius 1 is 1.65 bits per heavy atom. The van der Waals surface area contributed by atoms with Crippen molar-refractivity contribution in [3.63, 3.8) is 0 Å². The molecule has 0 saturated carbocycles. The maximum absolute atomic E-state index is 11.2. The van der Waals surface area contributed by atoms with Gasteiger partial charge in [-0.05, 0) is 19.4 Å². The molecule has 0 spiro atoms. The number of pyridine rings is 1. The topological polar surface area (TPSA) is 107 Å². The van der Waals surface area contributed by atoms with E-state index in [9.17, 15) is 10.1 Å². The predicted molar refractivity (Wildman–Crippen MR) is 75.5 cm³/mol. The quantitative estimate of drug-likeness (QED) is 0.486. The lowest BCUT2D eigenvalue weighted by Gasteiger charge is -2.38. The van der Waals surface area contributed by atoms with Gasteiger partial charge in [0.1, 0.15) is 5.82 Å². The first-order valence-corrected chi connectivity index (χ1v) is 6.57. The highest BCUT2D eigenvalue weighted by atomic mass is 16.6. The predicted octanol–water partition coefficient (Wildman–Crippen LogP) is 1.28. The molecule has 8 heteroatoms. The molecule has 0 aromatic carbocycles. The fraction of sp³-hybridized carbons (Fsp3) is 0.583. The Labute approximate surface area is 117 Å². The van der Waals surface area contributed by atoms with Gasteiger partial charge in [0.05, 0.1) is 23.7 Å². The van der Waals surface area contributed by atoms with E-state index in [1.807, 2.05) is 18.7 Å². The minimum Gasteiger partial charge on any atom is -0.375 e. The molecule has 20 heavy (non-hydrogen) atoms. The number of nitrogens with two attached hydrogens (primary N) is 1. The van der Waals surface area contributed by atoms with Crippen molar-refractivity contribution in [2.75, 3.05) is 23.5 Å². The van der Waals surface area contributed by atoms with Gasteiger partial charge in [0.2, 0.25) is 5.82 Å². The van der Waals surface area contributed by atoms with E-state index >= 15 is 0 Å². The average molecular weight is 281 g/mol. The van der Waals surface area contributed by atoms with Crippen LogP contribution in [0.25, 0.3) is 0 Å². The van der Waals surface area contributed by atoms with Crippen LogP contribution in [0, 0.1) is 10.1 Å². The van der Waals surface area contributed by atoms with Crippen LogP contribution in [0.4, 0.5) is 17.3 Å². The number of hydrogen-bond donors (Lipinski definition) is 2. The number of nitrogens with one attached hydrogen (secondary N) is 1. The molecule has 1 aromatic rings. The molecule has 110 valence electrons. The molecule has 2 rings (SSSR count). The van der Waals surface area contributed by atoms with Crippen LogP contribution in [0.15, 0.2) is 12.1 Å². The van der Waals surface area contributed by atoms with Crippen LogP contribution >= 0.6 is 0 Å². The largest absolute Gasteiger partial charge is 0.375 e. The van der Waals surface area contributed by atoms with Crippen LogP contribution in [-0.4, -0.2) is 35.2 Å².